The van der Waals surface area contributed by atoms with Gasteiger partial charge in [0, 0.05) is 32.3 Å². The molecule has 3 aromatic heterocycles. The van der Waals surface area contributed by atoms with E-state index in [1.165, 1.54) is 4.70 Å². The summed E-state index contributed by atoms with van der Waals surface area (Å²) < 4.78 is 2.32. The monoisotopic (exact) mass is 567 g/mol. The summed E-state index contributed by atoms with van der Waals surface area (Å²) in [5, 5.41) is 1.16. The molecule has 0 saturated carbocycles. The predicted octanol–water partition coefficient (Wildman–Crippen LogP) is 10.6. The van der Waals surface area contributed by atoms with Crippen LogP contribution in [0, 0.1) is 0 Å². The van der Waals surface area contributed by atoms with E-state index in [4.69, 9.17) is 15.0 Å². The summed E-state index contributed by atoms with van der Waals surface area (Å²) in [6.07, 6.45) is 0. The average molecular weight is 568 g/mol. The summed E-state index contributed by atoms with van der Waals surface area (Å²) in [6, 6.07) is 52.5. The molecule has 8 rings (SSSR count). The van der Waals surface area contributed by atoms with Gasteiger partial charge in [-0.05, 0) is 35.4 Å². The summed E-state index contributed by atoms with van der Waals surface area (Å²) in [4.78, 5) is 15.5. The first-order valence-electron chi connectivity index (χ1n) is 14.3. The quantitative estimate of drug-likeness (QED) is 0.208. The molecular weight excluding hydrogens is 543 g/mol. The SMILES string of the molecule is c1ccc(-c2cc(-c3ccccc3)nc(-c3cccc(-c4nc(-c5ccccc5)c5sc6ccccc6c5n4)c3)c2)cc1. The van der Waals surface area contributed by atoms with Crippen molar-refractivity contribution in [2.45, 2.75) is 0 Å². The Morgan fingerprint density at radius 1 is 0.395 bits per heavy atom. The molecule has 0 N–H and O–H groups in total. The van der Waals surface area contributed by atoms with Crippen molar-refractivity contribution < 1.29 is 0 Å². The lowest BCUT2D eigenvalue weighted by Gasteiger charge is -2.12. The number of hydrogen-bond donors (Lipinski definition) is 0. The van der Waals surface area contributed by atoms with Crippen LogP contribution in [0.4, 0.5) is 0 Å². The van der Waals surface area contributed by atoms with Crippen molar-refractivity contribution in [3.8, 4) is 56.3 Å². The van der Waals surface area contributed by atoms with Gasteiger partial charge in [-0.15, -0.1) is 11.3 Å². The molecule has 8 aromatic rings. The van der Waals surface area contributed by atoms with Crippen LogP contribution in [0.25, 0.3) is 76.6 Å². The fraction of sp³-hybridized carbons (Fsp3) is 0. The second-order valence-electron chi connectivity index (χ2n) is 10.5. The molecule has 0 fully saturated rings. The van der Waals surface area contributed by atoms with E-state index in [-0.39, 0.29) is 0 Å². The van der Waals surface area contributed by atoms with E-state index in [2.05, 4.69) is 133 Å². The third-order valence-corrected chi connectivity index (χ3v) is 8.85. The molecule has 0 radical (unpaired) electrons. The fourth-order valence-corrected chi connectivity index (χ4v) is 6.72. The van der Waals surface area contributed by atoms with Gasteiger partial charge in [-0.3, -0.25) is 0 Å². The Morgan fingerprint density at radius 3 is 1.72 bits per heavy atom. The fourth-order valence-electron chi connectivity index (χ4n) is 5.56. The van der Waals surface area contributed by atoms with E-state index >= 15 is 0 Å². The van der Waals surface area contributed by atoms with Crippen LogP contribution in [0.1, 0.15) is 0 Å². The minimum absolute atomic E-state index is 0.708. The van der Waals surface area contributed by atoms with Gasteiger partial charge in [-0.1, -0.05) is 127 Å². The number of nitrogens with zero attached hydrogens (tertiary/aromatic N) is 3. The van der Waals surface area contributed by atoms with Gasteiger partial charge in [-0.2, -0.15) is 0 Å². The minimum Gasteiger partial charge on any atom is -0.248 e. The third-order valence-electron chi connectivity index (χ3n) is 7.69. The van der Waals surface area contributed by atoms with Crippen LogP contribution in [0.5, 0.6) is 0 Å². The maximum Gasteiger partial charge on any atom is 0.160 e. The third kappa shape index (κ3) is 4.78. The van der Waals surface area contributed by atoms with Crippen LogP contribution >= 0.6 is 11.3 Å². The van der Waals surface area contributed by atoms with Crippen LogP contribution in [-0.4, -0.2) is 15.0 Å². The van der Waals surface area contributed by atoms with Gasteiger partial charge in [0.05, 0.1) is 27.3 Å². The predicted molar refractivity (Wildman–Crippen MR) is 180 cm³/mol. The normalized spacial score (nSPS) is 11.3. The lowest BCUT2D eigenvalue weighted by Crippen LogP contribution is -1.95. The molecule has 3 heterocycles. The van der Waals surface area contributed by atoms with Gasteiger partial charge in [0.1, 0.15) is 0 Å². The van der Waals surface area contributed by atoms with Gasteiger partial charge in [0.2, 0.25) is 0 Å². The van der Waals surface area contributed by atoms with Gasteiger partial charge in [0.25, 0.3) is 0 Å². The summed E-state index contributed by atoms with van der Waals surface area (Å²) in [6.45, 7) is 0. The van der Waals surface area contributed by atoms with Gasteiger partial charge in [0.15, 0.2) is 5.82 Å². The zero-order valence-electron chi connectivity index (χ0n) is 23.2. The lowest BCUT2D eigenvalue weighted by molar-refractivity contribution is 1.24. The second kappa shape index (κ2) is 10.8. The van der Waals surface area contributed by atoms with E-state index in [1.54, 1.807) is 11.3 Å². The highest BCUT2D eigenvalue weighted by Gasteiger charge is 2.17. The highest BCUT2D eigenvalue weighted by molar-refractivity contribution is 7.26. The Kier molecular flexibility index (Phi) is 6.32. The van der Waals surface area contributed by atoms with Crippen molar-refractivity contribution in [2.24, 2.45) is 0 Å². The molecule has 5 aromatic carbocycles. The number of thiophene rings is 1. The molecule has 4 heteroatoms. The van der Waals surface area contributed by atoms with E-state index in [0.717, 1.165) is 66.1 Å². The molecule has 43 heavy (non-hydrogen) atoms. The number of rotatable bonds is 5. The van der Waals surface area contributed by atoms with E-state index in [1.807, 2.05) is 18.2 Å². The number of pyridine rings is 1. The highest BCUT2D eigenvalue weighted by Crippen LogP contribution is 2.39. The van der Waals surface area contributed by atoms with E-state index in [9.17, 15) is 0 Å². The van der Waals surface area contributed by atoms with Crippen molar-refractivity contribution in [3.05, 3.63) is 152 Å². The van der Waals surface area contributed by atoms with Crippen LogP contribution in [0.3, 0.4) is 0 Å². The Labute approximate surface area is 253 Å². The zero-order chi connectivity index (χ0) is 28.6. The van der Waals surface area contributed by atoms with Gasteiger partial charge in [-0.25, -0.2) is 15.0 Å². The number of aromatic nitrogens is 3. The first-order valence-corrected chi connectivity index (χ1v) is 15.1. The molecule has 0 unspecified atom stereocenters. The molecule has 0 amide bonds. The second-order valence-corrected chi connectivity index (χ2v) is 11.5. The highest BCUT2D eigenvalue weighted by atomic mass is 32.1. The Hall–Kier alpha value is -5.45. The van der Waals surface area contributed by atoms with E-state index < -0.39 is 0 Å². The number of benzene rings is 5. The smallest absolute Gasteiger partial charge is 0.160 e. The van der Waals surface area contributed by atoms with Gasteiger partial charge >= 0.3 is 0 Å². The summed E-state index contributed by atoms with van der Waals surface area (Å²) >= 11 is 1.75. The van der Waals surface area contributed by atoms with Crippen LogP contribution in [-0.2, 0) is 0 Å². The first kappa shape index (κ1) is 25.3. The van der Waals surface area contributed by atoms with Crippen molar-refractivity contribution in [1.29, 1.82) is 0 Å². The maximum absolute atomic E-state index is 5.18. The van der Waals surface area contributed by atoms with Crippen LogP contribution in [0.2, 0.25) is 0 Å². The maximum atomic E-state index is 5.18. The summed E-state index contributed by atoms with van der Waals surface area (Å²) in [5.74, 6) is 0.708. The van der Waals surface area contributed by atoms with Crippen LogP contribution < -0.4 is 0 Å². The first-order chi connectivity index (χ1) is 21.3. The Balaban J connectivity index is 1.31. The standard InChI is InChI=1S/C39H25N3S/c1-4-13-26(14-5-1)31-24-33(27-15-6-2-7-16-27)40-34(25-31)29-19-12-20-30(23-29)39-41-36(28-17-8-3-9-18-28)38-37(42-39)32-21-10-11-22-35(32)43-38/h1-25H. The van der Waals surface area contributed by atoms with E-state index in [0.29, 0.717) is 5.82 Å². The lowest BCUT2D eigenvalue weighted by atomic mass is 9.99. The molecule has 0 atom stereocenters. The largest absolute Gasteiger partial charge is 0.248 e. The Bertz CT molecular complexity index is 2170. The van der Waals surface area contributed by atoms with Crippen molar-refractivity contribution in [1.82, 2.24) is 15.0 Å². The molecule has 3 nitrogen and oxygen atoms in total. The average Bonchev–Trinajstić information content (AvgIpc) is 3.48. The molecule has 0 bridgehead atoms. The minimum atomic E-state index is 0.708. The van der Waals surface area contributed by atoms with Crippen LogP contribution in [0.15, 0.2) is 152 Å². The number of fused-ring (bicyclic) bond motifs is 3. The van der Waals surface area contributed by atoms with Crippen molar-refractivity contribution in [2.75, 3.05) is 0 Å². The number of hydrogen-bond acceptors (Lipinski definition) is 4. The summed E-state index contributed by atoms with van der Waals surface area (Å²) in [5.41, 5.74) is 10.2. The molecular formula is C39H25N3S. The molecule has 0 aliphatic rings. The van der Waals surface area contributed by atoms with Gasteiger partial charge < -0.3 is 0 Å². The molecule has 0 aliphatic carbocycles. The van der Waals surface area contributed by atoms with Crippen molar-refractivity contribution in [3.63, 3.8) is 0 Å². The topological polar surface area (TPSA) is 38.7 Å². The Morgan fingerprint density at radius 2 is 0.977 bits per heavy atom. The molecule has 202 valence electrons. The molecule has 0 spiro atoms. The van der Waals surface area contributed by atoms with Crippen molar-refractivity contribution >= 4 is 31.6 Å². The summed E-state index contributed by atoms with van der Waals surface area (Å²) in [7, 11) is 0. The zero-order valence-corrected chi connectivity index (χ0v) is 24.0. The molecule has 0 aliphatic heterocycles. The molecule has 0 saturated heterocycles.